The maximum absolute atomic E-state index is 6.29. The molecule has 0 aliphatic carbocycles. The molecule has 0 aliphatic heterocycles. The molecule has 21 heavy (non-hydrogen) atoms. The monoisotopic (exact) mass is 299 g/mol. The zero-order valence-electron chi connectivity index (χ0n) is 12.0. The van der Waals surface area contributed by atoms with E-state index in [1.807, 2.05) is 37.5 Å². The average Bonchev–Trinajstić information content (AvgIpc) is 2.85. The third kappa shape index (κ3) is 3.09. The second-order valence-electron chi connectivity index (χ2n) is 5.44. The van der Waals surface area contributed by atoms with Gasteiger partial charge in [-0.05, 0) is 42.7 Å². The lowest BCUT2D eigenvalue weighted by atomic mass is 10.0. The van der Waals surface area contributed by atoms with Crippen molar-refractivity contribution in [2.45, 2.75) is 25.9 Å². The van der Waals surface area contributed by atoms with Gasteiger partial charge in [-0.25, -0.2) is 4.98 Å². The summed E-state index contributed by atoms with van der Waals surface area (Å²) in [4.78, 5) is 4.39. The number of aryl methyl sites for hydroxylation is 1. The van der Waals surface area contributed by atoms with Gasteiger partial charge in [-0.15, -0.1) is 0 Å². The molecule has 0 saturated carbocycles. The van der Waals surface area contributed by atoms with Crippen molar-refractivity contribution in [3.63, 3.8) is 0 Å². The molecule has 0 bridgehead atoms. The van der Waals surface area contributed by atoms with Crippen molar-refractivity contribution in [2.75, 3.05) is 0 Å². The standard InChI is InChI=1S/C17H18ClN3/c1-12-6-7-13(15(18)8-12)9-14(19)10-21-11-20-16-4-2-3-5-17(16)21/h2-8,11,14H,9-10,19H2,1H3. The van der Waals surface area contributed by atoms with Gasteiger partial charge in [-0.3, -0.25) is 0 Å². The van der Waals surface area contributed by atoms with Crippen LogP contribution in [0.15, 0.2) is 48.8 Å². The summed E-state index contributed by atoms with van der Waals surface area (Å²) in [5.74, 6) is 0. The summed E-state index contributed by atoms with van der Waals surface area (Å²) in [6.45, 7) is 2.76. The number of nitrogens with two attached hydrogens (primary N) is 1. The van der Waals surface area contributed by atoms with Gasteiger partial charge in [0, 0.05) is 17.6 Å². The molecular formula is C17H18ClN3. The number of fused-ring (bicyclic) bond motifs is 1. The molecule has 0 radical (unpaired) electrons. The van der Waals surface area contributed by atoms with Gasteiger partial charge in [0.25, 0.3) is 0 Å². The third-order valence-electron chi connectivity index (χ3n) is 3.65. The number of hydrogen-bond donors (Lipinski definition) is 1. The smallest absolute Gasteiger partial charge is 0.0958 e. The molecule has 0 saturated heterocycles. The number of para-hydroxylation sites is 2. The first-order chi connectivity index (χ1) is 10.1. The summed E-state index contributed by atoms with van der Waals surface area (Å²) in [6, 6.07) is 14.2. The minimum absolute atomic E-state index is 0.00260. The molecule has 108 valence electrons. The minimum Gasteiger partial charge on any atom is -0.329 e. The van der Waals surface area contributed by atoms with E-state index in [9.17, 15) is 0 Å². The van der Waals surface area contributed by atoms with Gasteiger partial charge in [0.15, 0.2) is 0 Å². The van der Waals surface area contributed by atoms with Crippen molar-refractivity contribution in [2.24, 2.45) is 5.73 Å². The van der Waals surface area contributed by atoms with Crippen molar-refractivity contribution < 1.29 is 0 Å². The normalized spacial score (nSPS) is 12.7. The molecule has 0 spiro atoms. The van der Waals surface area contributed by atoms with E-state index in [0.717, 1.165) is 40.1 Å². The predicted molar refractivity (Wildman–Crippen MR) is 87.6 cm³/mol. The third-order valence-corrected chi connectivity index (χ3v) is 4.00. The van der Waals surface area contributed by atoms with E-state index in [1.54, 1.807) is 0 Å². The molecule has 4 heteroatoms. The fourth-order valence-electron chi connectivity index (χ4n) is 2.57. The first-order valence-corrected chi connectivity index (χ1v) is 7.42. The highest BCUT2D eigenvalue weighted by Crippen LogP contribution is 2.19. The van der Waals surface area contributed by atoms with Crippen LogP contribution in [0.2, 0.25) is 5.02 Å². The molecule has 1 aromatic heterocycles. The zero-order chi connectivity index (χ0) is 14.8. The number of halogens is 1. The predicted octanol–water partition coefficient (Wildman–Crippen LogP) is 3.57. The van der Waals surface area contributed by atoms with E-state index in [2.05, 4.69) is 27.8 Å². The fourth-order valence-corrected chi connectivity index (χ4v) is 2.89. The molecule has 1 atom stereocenters. The molecule has 3 aromatic rings. The number of imidazole rings is 1. The number of rotatable bonds is 4. The van der Waals surface area contributed by atoms with Crippen molar-refractivity contribution in [3.05, 3.63) is 64.9 Å². The van der Waals surface area contributed by atoms with E-state index in [-0.39, 0.29) is 6.04 Å². The van der Waals surface area contributed by atoms with Crippen LogP contribution in [0.1, 0.15) is 11.1 Å². The molecule has 1 heterocycles. The number of nitrogens with zero attached hydrogens (tertiary/aromatic N) is 2. The quantitative estimate of drug-likeness (QED) is 0.800. The van der Waals surface area contributed by atoms with Gasteiger partial charge in [-0.1, -0.05) is 35.9 Å². The maximum Gasteiger partial charge on any atom is 0.0958 e. The average molecular weight is 300 g/mol. The second-order valence-corrected chi connectivity index (χ2v) is 5.85. The van der Waals surface area contributed by atoms with Gasteiger partial charge in [0.1, 0.15) is 0 Å². The van der Waals surface area contributed by atoms with Crippen molar-refractivity contribution in [1.29, 1.82) is 0 Å². The first kappa shape index (κ1) is 14.1. The summed E-state index contributed by atoms with van der Waals surface area (Å²) in [5, 5.41) is 0.793. The van der Waals surface area contributed by atoms with E-state index >= 15 is 0 Å². The van der Waals surface area contributed by atoms with Crippen LogP contribution in [0.5, 0.6) is 0 Å². The van der Waals surface area contributed by atoms with Crippen LogP contribution in [0, 0.1) is 6.92 Å². The van der Waals surface area contributed by atoms with Gasteiger partial charge in [0.2, 0.25) is 0 Å². The zero-order valence-corrected chi connectivity index (χ0v) is 12.7. The number of aromatic nitrogens is 2. The van der Waals surface area contributed by atoms with Gasteiger partial charge in [-0.2, -0.15) is 0 Å². The van der Waals surface area contributed by atoms with Gasteiger partial charge >= 0.3 is 0 Å². The van der Waals surface area contributed by atoms with Gasteiger partial charge in [0.05, 0.1) is 17.4 Å². The van der Waals surface area contributed by atoms with Crippen molar-refractivity contribution >= 4 is 22.6 Å². The highest BCUT2D eigenvalue weighted by molar-refractivity contribution is 6.31. The Bertz CT molecular complexity index is 764. The van der Waals surface area contributed by atoms with Crippen molar-refractivity contribution in [3.8, 4) is 0 Å². The molecular weight excluding hydrogens is 282 g/mol. The summed E-state index contributed by atoms with van der Waals surface area (Å²) < 4.78 is 2.10. The molecule has 0 fully saturated rings. The van der Waals surface area contributed by atoms with Crippen LogP contribution in [-0.2, 0) is 13.0 Å². The van der Waals surface area contributed by atoms with E-state index in [4.69, 9.17) is 17.3 Å². The maximum atomic E-state index is 6.29. The molecule has 2 N–H and O–H groups in total. The fraction of sp³-hybridized carbons (Fsp3) is 0.235. The van der Waals surface area contributed by atoms with Crippen molar-refractivity contribution in [1.82, 2.24) is 9.55 Å². The highest BCUT2D eigenvalue weighted by Gasteiger charge is 2.10. The largest absolute Gasteiger partial charge is 0.329 e. The van der Waals surface area contributed by atoms with E-state index in [0.29, 0.717) is 0 Å². The molecule has 0 aliphatic rings. The Labute approximate surface area is 129 Å². The Hall–Kier alpha value is -1.84. The second kappa shape index (κ2) is 5.88. The highest BCUT2D eigenvalue weighted by atomic mass is 35.5. The molecule has 2 aromatic carbocycles. The Balaban J connectivity index is 1.75. The Morgan fingerprint density at radius 1 is 1.24 bits per heavy atom. The van der Waals surface area contributed by atoms with E-state index in [1.165, 1.54) is 0 Å². The topological polar surface area (TPSA) is 43.8 Å². The molecule has 0 amide bonds. The van der Waals surface area contributed by atoms with Gasteiger partial charge < -0.3 is 10.3 Å². The lowest BCUT2D eigenvalue weighted by Crippen LogP contribution is -2.28. The number of hydrogen-bond acceptors (Lipinski definition) is 2. The SMILES string of the molecule is Cc1ccc(CC(N)Cn2cnc3ccccc32)c(Cl)c1. The van der Waals surface area contributed by atoms with Crippen LogP contribution in [0.25, 0.3) is 11.0 Å². The Morgan fingerprint density at radius 2 is 2.05 bits per heavy atom. The molecule has 3 nitrogen and oxygen atoms in total. The van der Waals surface area contributed by atoms with E-state index < -0.39 is 0 Å². The summed E-state index contributed by atoms with van der Waals surface area (Å²) in [6.07, 6.45) is 2.60. The minimum atomic E-state index is 0.00260. The van der Waals surface area contributed by atoms with Crippen LogP contribution >= 0.6 is 11.6 Å². The molecule has 1 unspecified atom stereocenters. The molecule has 3 rings (SSSR count). The summed E-state index contributed by atoms with van der Waals surface area (Å²) in [7, 11) is 0. The van der Waals surface area contributed by atoms with Crippen LogP contribution in [-0.4, -0.2) is 15.6 Å². The van der Waals surface area contributed by atoms with Crippen LogP contribution < -0.4 is 5.73 Å². The lowest BCUT2D eigenvalue weighted by Gasteiger charge is -2.14. The lowest BCUT2D eigenvalue weighted by molar-refractivity contribution is 0.559. The summed E-state index contributed by atoms with van der Waals surface area (Å²) >= 11 is 6.28. The first-order valence-electron chi connectivity index (χ1n) is 7.04. The van der Waals surface area contributed by atoms with Crippen LogP contribution in [0.4, 0.5) is 0 Å². The summed E-state index contributed by atoms with van der Waals surface area (Å²) in [5.41, 5.74) is 10.7. The van der Waals surface area contributed by atoms with Crippen LogP contribution in [0.3, 0.4) is 0 Å². The Kier molecular flexibility index (Phi) is 3.95. The number of benzene rings is 2. The Morgan fingerprint density at radius 3 is 2.86 bits per heavy atom.